The Hall–Kier alpha value is -10.9. The van der Waals surface area contributed by atoms with E-state index in [2.05, 4.69) is 65.8 Å². The maximum atomic E-state index is 9.78. The molecule has 0 unspecified atom stereocenters. The Labute approximate surface area is 593 Å². The Morgan fingerprint density at radius 3 is 1.29 bits per heavy atom. The van der Waals surface area contributed by atoms with Crippen molar-refractivity contribution in [2.45, 2.75) is 37.8 Å². The second-order valence-corrected chi connectivity index (χ2v) is 23.2. The predicted octanol–water partition coefficient (Wildman–Crippen LogP) is 8.13. The molecule has 9 aromatic heterocycles. The SMILES string of the molecule is COc1cc(-n2cnc(N)c2)cc(OC)c1OC.COc1cc(-n2cnc(Nc3nc(Cl)nc4c3ncn4C)c2)cc(OC)c1OC.COc1cc(-n2cnc(Nc3nc(N4CCC[C@H]4CO)nc4c3ncn4C)c2)cc(OC)c1OC.Cn1cnc2c(Cl)nc(Cl)nc21.OC[C@@H]1CCCN1. The standard InChI is InChI=1S/C23H28N8O4.C18H18ClN7O3.C12H15N3O3.C6H4Cl2N4.C5H11NO/c1-29-12-25-19-21(27-23(28-22(19)29)31-7-5-6-14(31)11-32)26-18-10-30(13-24-18)15-8-16(33-2)20(35-4)17(9-15)34-3;1-25-8-21-14-16(23-18(19)24-17(14)25)22-13-7-26(9-20-13)10-5-11(27-2)15(29-4)12(6-10)28-3;1-16-9-4-8(15-6-11(13)14-7-15)5-10(17-2)12(9)18-3;1-12-2-9-3-4(7)10-6(8)11-5(3)12;7-4-5-2-1-3-6-5/h8-10,12-14,32H,5-7,11H2,1-4H3,(H,26,27,28);5-9H,1-4H3,(H,22,23,24);4-7H,13H2,1-3H3;2H,1H3;5-7H,1-4H2/t14-;;;;5-/m0...0/s1. The van der Waals surface area contributed by atoms with Gasteiger partial charge in [0.1, 0.15) is 42.0 Å². The van der Waals surface area contributed by atoms with Crippen molar-refractivity contribution in [3.63, 3.8) is 0 Å². The molecule has 37 heteroatoms. The maximum absolute atomic E-state index is 9.78. The number of aliphatic hydroxyl groups is 2. The number of imidazole rings is 6. The number of hydrogen-bond donors (Lipinski definition) is 6. The average Bonchev–Trinajstić information content (AvgIpc) is 1.66. The minimum atomic E-state index is 0.00719. The Kier molecular flexibility index (Phi) is 24.0. The number of ether oxygens (including phenoxy) is 9. The van der Waals surface area contributed by atoms with Crippen LogP contribution in [0.25, 0.3) is 50.6 Å². The van der Waals surface area contributed by atoms with Gasteiger partial charge in [-0.3, -0.25) is 0 Å². The van der Waals surface area contributed by atoms with Crippen molar-refractivity contribution in [2.75, 3.05) is 112 Å². The summed E-state index contributed by atoms with van der Waals surface area (Å²) in [4.78, 5) is 53.3. The second-order valence-electron chi connectivity index (χ2n) is 22.2. The van der Waals surface area contributed by atoms with Crippen molar-refractivity contribution in [1.82, 2.24) is 92.5 Å². The van der Waals surface area contributed by atoms with Crippen LogP contribution in [0.5, 0.6) is 51.7 Å². The number of nitrogen functional groups attached to an aromatic ring is 1. The zero-order valence-electron chi connectivity index (χ0n) is 57.2. The molecule has 34 nitrogen and oxygen atoms in total. The third kappa shape index (κ3) is 16.5. The number of rotatable bonds is 19. The fourth-order valence-electron chi connectivity index (χ4n) is 10.9. The van der Waals surface area contributed by atoms with Gasteiger partial charge in [0, 0.05) is 70.1 Å². The Bertz CT molecular complexity index is 4710. The molecule has 0 amide bonds. The molecule has 534 valence electrons. The van der Waals surface area contributed by atoms with Crippen molar-refractivity contribution >= 4 is 103 Å². The molecular formula is C64H76Cl3N23O11. The number of fused-ring (bicyclic) bond motifs is 3. The summed E-state index contributed by atoms with van der Waals surface area (Å²) in [5.74, 6) is 8.09. The minimum absolute atomic E-state index is 0.00719. The van der Waals surface area contributed by atoms with Crippen molar-refractivity contribution in [2.24, 2.45) is 21.1 Å². The molecule has 0 spiro atoms. The zero-order valence-corrected chi connectivity index (χ0v) is 59.5. The molecule has 2 atom stereocenters. The molecular weight excluding hydrogens is 1370 g/mol. The summed E-state index contributed by atoms with van der Waals surface area (Å²) in [5, 5.41) is 28.4. The fourth-order valence-corrected chi connectivity index (χ4v) is 11.4. The lowest BCUT2D eigenvalue weighted by atomic mass is 10.2. The van der Waals surface area contributed by atoms with E-state index in [0.29, 0.717) is 133 Å². The number of halogens is 3. The third-order valence-corrected chi connectivity index (χ3v) is 16.5. The topological polar surface area (TPSA) is 373 Å². The summed E-state index contributed by atoms with van der Waals surface area (Å²) in [6, 6.07) is 11.4. The van der Waals surface area contributed by atoms with Crippen LogP contribution in [0.2, 0.25) is 15.7 Å². The number of nitrogens with one attached hydrogen (secondary N) is 3. The van der Waals surface area contributed by atoms with Crippen molar-refractivity contribution in [3.8, 4) is 68.8 Å². The maximum Gasteiger partial charge on any atom is 0.229 e. The summed E-state index contributed by atoms with van der Waals surface area (Å²) in [7, 11) is 19.7. The number of aryl methyl sites for hydroxylation is 3. The lowest BCUT2D eigenvalue weighted by molar-refractivity contribution is 0.255. The van der Waals surface area contributed by atoms with Crippen molar-refractivity contribution in [3.05, 3.63) is 109 Å². The molecule has 0 bridgehead atoms. The number of methoxy groups -OCH3 is 9. The van der Waals surface area contributed by atoms with Gasteiger partial charge in [-0.2, -0.15) is 24.9 Å². The van der Waals surface area contributed by atoms with E-state index >= 15 is 0 Å². The van der Waals surface area contributed by atoms with E-state index in [1.807, 2.05) is 82.3 Å². The van der Waals surface area contributed by atoms with Gasteiger partial charge in [0.05, 0.1) is 138 Å². The molecule has 7 N–H and O–H groups in total. The zero-order chi connectivity index (χ0) is 72.0. The molecule has 12 aromatic rings. The summed E-state index contributed by atoms with van der Waals surface area (Å²) in [5.41, 5.74) is 11.8. The Morgan fingerprint density at radius 1 is 0.475 bits per heavy atom. The largest absolute Gasteiger partial charge is 0.493 e. The van der Waals surface area contributed by atoms with E-state index in [9.17, 15) is 5.11 Å². The quantitative estimate of drug-likeness (QED) is 0.0328. The molecule has 14 rings (SSSR count). The highest BCUT2D eigenvalue weighted by atomic mass is 35.5. The van der Waals surface area contributed by atoms with E-state index < -0.39 is 0 Å². The Morgan fingerprint density at radius 2 is 0.891 bits per heavy atom. The van der Waals surface area contributed by atoms with Crippen molar-refractivity contribution in [1.29, 1.82) is 0 Å². The van der Waals surface area contributed by atoms with Gasteiger partial charge in [0.2, 0.25) is 33.8 Å². The number of anilines is 6. The first-order valence-electron chi connectivity index (χ1n) is 31.0. The molecule has 0 aliphatic carbocycles. The highest BCUT2D eigenvalue weighted by molar-refractivity contribution is 6.35. The van der Waals surface area contributed by atoms with Gasteiger partial charge in [-0.05, 0) is 55.4 Å². The first kappa shape index (κ1) is 72.8. The molecule has 2 aliphatic rings. The molecule has 0 saturated carbocycles. The van der Waals surface area contributed by atoms with Gasteiger partial charge in [-0.15, -0.1) is 0 Å². The van der Waals surface area contributed by atoms with E-state index in [4.69, 9.17) is 98.2 Å². The van der Waals surface area contributed by atoms with E-state index in [1.165, 1.54) is 6.42 Å². The number of nitrogens with zero attached hydrogens (tertiary/aromatic N) is 19. The first-order valence-corrected chi connectivity index (χ1v) is 32.1. The van der Waals surface area contributed by atoms with E-state index in [-0.39, 0.29) is 28.4 Å². The van der Waals surface area contributed by atoms with Crippen LogP contribution >= 0.6 is 34.8 Å². The van der Waals surface area contributed by atoms with Gasteiger partial charge in [-0.1, -0.05) is 11.6 Å². The highest BCUT2D eigenvalue weighted by Gasteiger charge is 2.28. The molecule has 101 heavy (non-hydrogen) atoms. The number of nitrogens with two attached hydrogens (primary N) is 1. The molecule has 11 heterocycles. The second kappa shape index (κ2) is 33.3. The normalized spacial score (nSPS) is 13.8. The highest BCUT2D eigenvalue weighted by Crippen LogP contribution is 2.42. The van der Waals surface area contributed by atoms with Gasteiger partial charge in [0.15, 0.2) is 79.3 Å². The monoisotopic (exact) mass is 1450 g/mol. The molecule has 2 aliphatic heterocycles. The smallest absolute Gasteiger partial charge is 0.229 e. The fraction of sp³-hybridized carbons (Fsp3) is 0.344. The molecule has 0 radical (unpaired) electrons. The Balaban J connectivity index is 0.000000148. The number of hydrogen-bond acceptors (Lipinski definition) is 28. The van der Waals surface area contributed by atoms with Gasteiger partial charge in [0.25, 0.3) is 0 Å². The van der Waals surface area contributed by atoms with Gasteiger partial charge >= 0.3 is 0 Å². The number of aromatic nitrogens is 18. The van der Waals surface area contributed by atoms with Crippen LogP contribution in [-0.4, -0.2) is 200 Å². The van der Waals surface area contributed by atoms with E-state index in [1.54, 1.807) is 128 Å². The van der Waals surface area contributed by atoms with Crippen molar-refractivity contribution < 1.29 is 52.8 Å². The van der Waals surface area contributed by atoms with Crippen LogP contribution in [-0.2, 0) is 21.1 Å². The van der Waals surface area contributed by atoms with E-state index in [0.717, 1.165) is 49.4 Å². The van der Waals surface area contributed by atoms with Crippen LogP contribution in [0, 0.1) is 0 Å². The summed E-state index contributed by atoms with van der Waals surface area (Å²) in [6.07, 6.45) is 19.5. The summed E-state index contributed by atoms with van der Waals surface area (Å²) < 4.78 is 59.1. The van der Waals surface area contributed by atoms with Crippen LogP contribution in [0.1, 0.15) is 25.7 Å². The minimum Gasteiger partial charge on any atom is -0.493 e. The summed E-state index contributed by atoms with van der Waals surface area (Å²) in [6.45, 7) is 2.25. The molecule has 3 aromatic carbocycles. The number of aliphatic hydroxyl groups excluding tert-OH is 2. The average molecular weight is 1450 g/mol. The third-order valence-electron chi connectivity index (χ3n) is 15.9. The molecule has 2 fully saturated rings. The number of benzene rings is 3. The first-order chi connectivity index (χ1) is 48.9. The predicted molar refractivity (Wildman–Crippen MR) is 380 cm³/mol. The molecule has 2 saturated heterocycles. The lowest BCUT2D eigenvalue weighted by Crippen LogP contribution is -2.33. The van der Waals surface area contributed by atoms with Crippen LogP contribution < -0.4 is 69.2 Å². The lowest BCUT2D eigenvalue weighted by Gasteiger charge is -2.23. The van der Waals surface area contributed by atoms with Gasteiger partial charge in [-0.25, -0.2) is 34.9 Å². The van der Waals surface area contributed by atoms with Crippen LogP contribution in [0.3, 0.4) is 0 Å². The van der Waals surface area contributed by atoms with Gasteiger partial charge < -0.3 is 107 Å². The summed E-state index contributed by atoms with van der Waals surface area (Å²) >= 11 is 17.4. The van der Waals surface area contributed by atoms with Crippen LogP contribution in [0.15, 0.2) is 93.0 Å². The van der Waals surface area contributed by atoms with Crippen LogP contribution in [0.4, 0.5) is 35.0 Å².